The second kappa shape index (κ2) is 8.78. The van der Waals surface area contributed by atoms with E-state index in [9.17, 15) is 9.90 Å². The number of benzene rings is 1. The minimum absolute atomic E-state index is 0. The molecule has 0 bridgehead atoms. The number of likely N-dealkylation sites (N-methyl/N-ethyl adjacent to an activating group) is 1. The van der Waals surface area contributed by atoms with Crippen LogP contribution in [-0.2, 0) is 0 Å². The molecule has 1 N–H and O–H groups in total. The Morgan fingerprint density at radius 3 is 2.11 bits per heavy atom. The van der Waals surface area contributed by atoms with Gasteiger partial charge in [-0.1, -0.05) is 32.0 Å². The molecule has 0 spiro atoms. The normalized spacial score (nSPS) is 9.94. The van der Waals surface area contributed by atoms with Crippen LogP contribution in [0.2, 0.25) is 0 Å². The minimum atomic E-state index is -0.900. The summed E-state index contributed by atoms with van der Waals surface area (Å²) in [4.78, 5) is 14.8. The van der Waals surface area contributed by atoms with Gasteiger partial charge in [0.25, 0.3) is 0 Å². The van der Waals surface area contributed by atoms with E-state index in [0.29, 0.717) is 6.54 Å². The lowest BCUT2D eigenvalue weighted by Crippen LogP contribution is -2.38. The average molecular weight is 273 g/mol. The van der Waals surface area contributed by atoms with Gasteiger partial charge in [0.15, 0.2) is 0 Å². The second-order valence-electron chi connectivity index (χ2n) is 3.80. The lowest BCUT2D eigenvalue weighted by molar-refractivity contribution is 0.200. The van der Waals surface area contributed by atoms with Gasteiger partial charge >= 0.3 is 6.09 Å². The quantitative estimate of drug-likeness (QED) is 0.866. The predicted molar refractivity (Wildman–Crippen MR) is 76.8 cm³/mol. The van der Waals surface area contributed by atoms with Crippen molar-refractivity contribution in [3.05, 3.63) is 30.3 Å². The summed E-state index contributed by atoms with van der Waals surface area (Å²) in [6.45, 7) is 7.31. The SMILES string of the molecule is CCN(CC)CCN(C(=O)O)c1ccccc1.Cl. The maximum Gasteiger partial charge on any atom is 0.411 e. The van der Waals surface area contributed by atoms with Gasteiger partial charge in [-0.25, -0.2) is 4.79 Å². The number of hydrogen-bond acceptors (Lipinski definition) is 2. The number of para-hydroxylation sites is 1. The van der Waals surface area contributed by atoms with Crippen LogP contribution in [0.1, 0.15) is 13.8 Å². The van der Waals surface area contributed by atoms with Gasteiger partial charge in [0.05, 0.1) is 0 Å². The molecule has 0 saturated heterocycles. The maximum atomic E-state index is 11.2. The molecule has 0 heterocycles. The fraction of sp³-hybridized carbons (Fsp3) is 0.462. The molecule has 0 aliphatic heterocycles. The number of halogens is 1. The van der Waals surface area contributed by atoms with E-state index in [1.165, 1.54) is 4.90 Å². The van der Waals surface area contributed by atoms with Crippen molar-refractivity contribution in [1.82, 2.24) is 4.90 Å². The molecule has 1 rings (SSSR count). The van der Waals surface area contributed by atoms with Gasteiger partial charge in [-0.2, -0.15) is 0 Å². The first-order chi connectivity index (χ1) is 8.19. The lowest BCUT2D eigenvalue weighted by atomic mass is 10.3. The Morgan fingerprint density at radius 2 is 1.67 bits per heavy atom. The fourth-order valence-electron chi connectivity index (χ4n) is 1.72. The summed E-state index contributed by atoms with van der Waals surface area (Å²) >= 11 is 0. The number of rotatable bonds is 6. The summed E-state index contributed by atoms with van der Waals surface area (Å²) in [7, 11) is 0. The van der Waals surface area contributed by atoms with E-state index in [-0.39, 0.29) is 12.4 Å². The van der Waals surface area contributed by atoms with Crippen molar-refractivity contribution in [1.29, 1.82) is 0 Å². The lowest BCUT2D eigenvalue weighted by Gasteiger charge is -2.24. The van der Waals surface area contributed by atoms with Gasteiger partial charge in [-0.05, 0) is 25.2 Å². The number of anilines is 1. The Morgan fingerprint density at radius 1 is 1.11 bits per heavy atom. The molecule has 0 saturated carbocycles. The van der Waals surface area contributed by atoms with Crippen LogP contribution < -0.4 is 4.90 Å². The Bertz CT molecular complexity index is 342. The molecule has 102 valence electrons. The average Bonchev–Trinajstić information content (AvgIpc) is 2.35. The van der Waals surface area contributed by atoms with Crippen LogP contribution >= 0.6 is 12.4 Å². The van der Waals surface area contributed by atoms with Crippen molar-refractivity contribution >= 4 is 24.2 Å². The van der Waals surface area contributed by atoms with Gasteiger partial charge in [0.2, 0.25) is 0 Å². The van der Waals surface area contributed by atoms with Gasteiger partial charge in [0.1, 0.15) is 0 Å². The van der Waals surface area contributed by atoms with E-state index in [2.05, 4.69) is 18.7 Å². The third kappa shape index (κ3) is 4.94. The molecule has 0 aromatic heterocycles. The third-order valence-corrected chi connectivity index (χ3v) is 2.83. The highest BCUT2D eigenvalue weighted by atomic mass is 35.5. The first kappa shape index (κ1) is 16.7. The number of carbonyl (C=O) groups is 1. The van der Waals surface area contributed by atoms with E-state index in [0.717, 1.165) is 25.3 Å². The Kier molecular flexibility index (Phi) is 8.16. The van der Waals surface area contributed by atoms with E-state index in [1.807, 2.05) is 30.3 Å². The van der Waals surface area contributed by atoms with Crippen molar-refractivity contribution in [2.45, 2.75) is 13.8 Å². The summed E-state index contributed by atoms with van der Waals surface area (Å²) in [6, 6.07) is 9.21. The summed E-state index contributed by atoms with van der Waals surface area (Å²) in [5, 5.41) is 9.19. The predicted octanol–water partition coefficient (Wildman–Crippen LogP) is 2.93. The molecule has 0 aliphatic carbocycles. The highest BCUT2D eigenvalue weighted by molar-refractivity contribution is 5.86. The summed E-state index contributed by atoms with van der Waals surface area (Å²) in [6.07, 6.45) is -0.900. The Labute approximate surface area is 115 Å². The molecule has 0 atom stereocenters. The number of hydrogen-bond donors (Lipinski definition) is 1. The maximum absolute atomic E-state index is 11.2. The van der Waals surface area contributed by atoms with Crippen LogP contribution in [0.25, 0.3) is 0 Å². The van der Waals surface area contributed by atoms with E-state index < -0.39 is 6.09 Å². The zero-order valence-corrected chi connectivity index (χ0v) is 11.7. The third-order valence-electron chi connectivity index (χ3n) is 2.83. The van der Waals surface area contributed by atoms with Crippen molar-refractivity contribution in [2.75, 3.05) is 31.1 Å². The Balaban J connectivity index is 0.00000289. The van der Waals surface area contributed by atoms with Crippen molar-refractivity contribution in [3.63, 3.8) is 0 Å². The zero-order valence-electron chi connectivity index (χ0n) is 10.9. The van der Waals surface area contributed by atoms with Crippen LogP contribution in [0, 0.1) is 0 Å². The van der Waals surface area contributed by atoms with Crippen molar-refractivity contribution < 1.29 is 9.90 Å². The first-order valence-corrected chi connectivity index (χ1v) is 5.96. The molecule has 1 amide bonds. The van der Waals surface area contributed by atoms with Crippen LogP contribution in [0.15, 0.2) is 30.3 Å². The minimum Gasteiger partial charge on any atom is -0.465 e. The van der Waals surface area contributed by atoms with Crippen LogP contribution in [0.3, 0.4) is 0 Å². The smallest absolute Gasteiger partial charge is 0.411 e. The van der Waals surface area contributed by atoms with Crippen LogP contribution in [0.4, 0.5) is 10.5 Å². The molecule has 0 unspecified atom stereocenters. The van der Waals surface area contributed by atoms with Crippen molar-refractivity contribution in [2.24, 2.45) is 0 Å². The number of nitrogens with zero attached hydrogens (tertiary/aromatic N) is 2. The number of carboxylic acid groups (broad SMARTS) is 1. The monoisotopic (exact) mass is 272 g/mol. The van der Waals surface area contributed by atoms with E-state index in [4.69, 9.17) is 0 Å². The molecule has 18 heavy (non-hydrogen) atoms. The molecule has 4 nitrogen and oxygen atoms in total. The molecule has 0 radical (unpaired) electrons. The summed E-state index contributed by atoms with van der Waals surface area (Å²) in [5.74, 6) is 0. The highest BCUT2D eigenvalue weighted by Crippen LogP contribution is 2.13. The van der Waals surface area contributed by atoms with Gasteiger partial charge in [-0.3, -0.25) is 4.90 Å². The van der Waals surface area contributed by atoms with Gasteiger partial charge < -0.3 is 10.0 Å². The first-order valence-electron chi connectivity index (χ1n) is 5.96. The molecule has 1 aromatic carbocycles. The van der Waals surface area contributed by atoms with Crippen LogP contribution in [0.5, 0.6) is 0 Å². The van der Waals surface area contributed by atoms with E-state index in [1.54, 1.807) is 0 Å². The van der Waals surface area contributed by atoms with Gasteiger partial charge in [0, 0.05) is 18.8 Å². The van der Waals surface area contributed by atoms with E-state index >= 15 is 0 Å². The topological polar surface area (TPSA) is 43.8 Å². The summed E-state index contributed by atoms with van der Waals surface area (Å²) < 4.78 is 0. The number of amides is 1. The molecule has 0 aliphatic rings. The highest BCUT2D eigenvalue weighted by Gasteiger charge is 2.14. The molecule has 1 aromatic rings. The second-order valence-corrected chi connectivity index (χ2v) is 3.80. The van der Waals surface area contributed by atoms with Crippen molar-refractivity contribution in [3.8, 4) is 0 Å². The fourth-order valence-corrected chi connectivity index (χ4v) is 1.72. The molecule has 0 fully saturated rings. The Hall–Kier alpha value is -1.26. The standard InChI is InChI=1S/C13H20N2O2.ClH/c1-3-14(4-2)10-11-15(13(16)17)12-8-6-5-7-9-12;/h5-9H,3-4,10-11H2,1-2H3,(H,16,17);1H. The largest absolute Gasteiger partial charge is 0.465 e. The van der Waals surface area contributed by atoms with Crippen LogP contribution in [-0.4, -0.2) is 42.3 Å². The summed E-state index contributed by atoms with van der Waals surface area (Å²) in [5.41, 5.74) is 0.729. The zero-order chi connectivity index (χ0) is 12.7. The molecular formula is C13H21ClN2O2. The molecule has 5 heteroatoms. The molecular weight excluding hydrogens is 252 g/mol. The van der Waals surface area contributed by atoms with Gasteiger partial charge in [-0.15, -0.1) is 12.4 Å².